The number of methoxy groups -OCH3 is 1. The third kappa shape index (κ3) is 3.45. The average molecular weight is 403 g/mol. The molecule has 28 heavy (non-hydrogen) atoms. The fourth-order valence-corrected chi connectivity index (χ4v) is 5.46. The molecule has 4 rings (SSSR count). The predicted molar refractivity (Wildman–Crippen MR) is 109 cm³/mol. The number of hydrogen-bond donors (Lipinski definition) is 0. The summed E-state index contributed by atoms with van der Waals surface area (Å²) in [5.74, 6) is 1.84. The Hall–Kier alpha value is -2.22. The summed E-state index contributed by atoms with van der Waals surface area (Å²) >= 11 is 1.32. The second-order valence-corrected chi connectivity index (χ2v) is 8.73. The van der Waals surface area contributed by atoms with Crippen LogP contribution in [-0.4, -0.2) is 60.0 Å². The van der Waals surface area contributed by atoms with Crippen molar-refractivity contribution in [1.29, 1.82) is 0 Å². The molecule has 0 aromatic carbocycles. The van der Waals surface area contributed by atoms with Gasteiger partial charge in [0.15, 0.2) is 0 Å². The molecule has 1 amide bonds. The van der Waals surface area contributed by atoms with Crippen LogP contribution in [0.1, 0.15) is 46.7 Å². The Morgan fingerprint density at radius 2 is 1.96 bits per heavy atom. The minimum absolute atomic E-state index is 0.156. The lowest BCUT2D eigenvalue weighted by atomic mass is 10.1. The minimum Gasteiger partial charge on any atom is -0.465 e. The van der Waals surface area contributed by atoms with Crippen molar-refractivity contribution in [2.75, 3.05) is 38.2 Å². The van der Waals surface area contributed by atoms with Crippen LogP contribution in [0.3, 0.4) is 0 Å². The average Bonchev–Trinajstić information content (AvgIpc) is 3.30. The summed E-state index contributed by atoms with van der Waals surface area (Å²) in [5.41, 5.74) is 0.822. The molecule has 2 aliphatic rings. The van der Waals surface area contributed by atoms with Gasteiger partial charge in [-0.25, -0.2) is 14.8 Å². The number of thiophene rings is 1. The number of anilines is 1. The molecular weight excluding hydrogens is 376 g/mol. The van der Waals surface area contributed by atoms with E-state index in [4.69, 9.17) is 4.74 Å². The standard InChI is InChI=1S/C20H26N4O3S/c1-12-16-18(21-13(2)22-19(16)28-17(12)20(26)27-3)24-9-8-23(15(25)11-24)10-14-6-4-5-7-14/h14H,4-11H2,1-3H3. The molecule has 1 aliphatic carbocycles. The number of nitrogens with zero attached hydrogens (tertiary/aromatic N) is 4. The fraction of sp³-hybridized carbons (Fsp3) is 0.600. The van der Waals surface area contributed by atoms with Crippen LogP contribution in [0, 0.1) is 19.8 Å². The number of aryl methyl sites for hydroxylation is 2. The lowest BCUT2D eigenvalue weighted by Crippen LogP contribution is -2.51. The maximum Gasteiger partial charge on any atom is 0.348 e. The Bertz CT molecular complexity index is 920. The van der Waals surface area contributed by atoms with E-state index in [1.54, 1.807) is 0 Å². The molecule has 0 bridgehead atoms. The van der Waals surface area contributed by atoms with Gasteiger partial charge in [-0.05, 0) is 38.2 Å². The number of carbonyl (C=O) groups excluding carboxylic acids is 2. The largest absolute Gasteiger partial charge is 0.465 e. The van der Waals surface area contributed by atoms with E-state index in [1.807, 2.05) is 23.6 Å². The molecule has 0 unspecified atom stereocenters. The van der Waals surface area contributed by atoms with E-state index in [0.29, 0.717) is 29.7 Å². The number of piperazine rings is 1. The number of amides is 1. The van der Waals surface area contributed by atoms with Crippen molar-refractivity contribution in [2.45, 2.75) is 39.5 Å². The van der Waals surface area contributed by atoms with E-state index in [9.17, 15) is 9.59 Å². The first kappa shape index (κ1) is 19.1. The maximum atomic E-state index is 12.8. The second-order valence-electron chi connectivity index (χ2n) is 7.73. The lowest BCUT2D eigenvalue weighted by Gasteiger charge is -2.36. The van der Waals surface area contributed by atoms with Gasteiger partial charge in [0.05, 0.1) is 19.0 Å². The number of aromatic nitrogens is 2. The maximum absolute atomic E-state index is 12.8. The van der Waals surface area contributed by atoms with E-state index in [-0.39, 0.29) is 11.9 Å². The Labute approximate surface area is 168 Å². The van der Waals surface area contributed by atoms with Crippen molar-refractivity contribution in [3.63, 3.8) is 0 Å². The Morgan fingerprint density at radius 3 is 2.64 bits per heavy atom. The van der Waals surface area contributed by atoms with Gasteiger partial charge in [0.25, 0.3) is 0 Å². The van der Waals surface area contributed by atoms with E-state index < -0.39 is 0 Å². The van der Waals surface area contributed by atoms with E-state index >= 15 is 0 Å². The normalized spacial score (nSPS) is 18.3. The first-order valence-corrected chi connectivity index (χ1v) is 10.7. The van der Waals surface area contributed by atoms with Crippen LogP contribution < -0.4 is 4.90 Å². The molecule has 1 saturated carbocycles. The van der Waals surface area contributed by atoms with Crippen LogP contribution >= 0.6 is 11.3 Å². The van der Waals surface area contributed by atoms with Crippen molar-refractivity contribution in [3.05, 3.63) is 16.3 Å². The van der Waals surface area contributed by atoms with Gasteiger partial charge >= 0.3 is 5.97 Å². The SMILES string of the molecule is COC(=O)c1sc2nc(C)nc(N3CCN(CC4CCCC4)C(=O)C3)c2c1C. The van der Waals surface area contributed by atoms with Gasteiger partial charge in [0, 0.05) is 19.6 Å². The van der Waals surface area contributed by atoms with Crippen molar-refractivity contribution in [1.82, 2.24) is 14.9 Å². The first-order chi connectivity index (χ1) is 13.5. The minimum atomic E-state index is -0.360. The Balaban J connectivity index is 1.61. The molecule has 2 fully saturated rings. The Kier molecular flexibility index (Phi) is 5.23. The molecule has 2 aromatic rings. The summed E-state index contributed by atoms with van der Waals surface area (Å²) in [6.07, 6.45) is 5.06. The van der Waals surface area contributed by atoms with E-state index in [1.165, 1.54) is 44.1 Å². The number of ether oxygens (including phenoxy) is 1. The van der Waals surface area contributed by atoms with Crippen LogP contribution in [-0.2, 0) is 9.53 Å². The summed E-state index contributed by atoms with van der Waals surface area (Å²) in [5, 5.41) is 0.855. The first-order valence-electron chi connectivity index (χ1n) is 9.86. The summed E-state index contributed by atoms with van der Waals surface area (Å²) in [4.78, 5) is 39.4. The van der Waals surface area contributed by atoms with Crippen LogP contribution in [0.4, 0.5) is 5.82 Å². The van der Waals surface area contributed by atoms with Crippen LogP contribution in [0.15, 0.2) is 0 Å². The highest BCUT2D eigenvalue weighted by Crippen LogP contribution is 2.36. The molecule has 1 aliphatic heterocycles. The topological polar surface area (TPSA) is 75.6 Å². The van der Waals surface area contributed by atoms with Crippen molar-refractivity contribution >= 4 is 39.2 Å². The van der Waals surface area contributed by atoms with E-state index in [2.05, 4.69) is 9.97 Å². The highest BCUT2D eigenvalue weighted by molar-refractivity contribution is 7.20. The summed E-state index contributed by atoms with van der Waals surface area (Å²) in [6.45, 7) is 6.40. The highest BCUT2D eigenvalue weighted by Gasteiger charge is 2.30. The predicted octanol–water partition coefficient (Wildman–Crippen LogP) is 2.93. The summed E-state index contributed by atoms with van der Waals surface area (Å²) in [7, 11) is 1.38. The van der Waals surface area contributed by atoms with Gasteiger partial charge in [-0.3, -0.25) is 4.79 Å². The zero-order valence-electron chi connectivity index (χ0n) is 16.7. The third-order valence-corrected chi connectivity index (χ3v) is 6.99. The molecule has 0 radical (unpaired) electrons. The number of hydrogen-bond acceptors (Lipinski definition) is 7. The Morgan fingerprint density at radius 1 is 1.21 bits per heavy atom. The molecule has 2 aromatic heterocycles. The number of fused-ring (bicyclic) bond motifs is 1. The molecular formula is C20H26N4O3S. The van der Waals surface area contributed by atoms with Crippen molar-refractivity contribution in [3.8, 4) is 0 Å². The smallest absolute Gasteiger partial charge is 0.348 e. The number of rotatable bonds is 4. The van der Waals surface area contributed by atoms with Gasteiger partial charge in [0.1, 0.15) is 21.3 Å². The van der Waals surface area contributed by atoms with Crippen LogP contribution in [0.2, 0.25) is 0 Å². The van der Waals surface area contributed by atoms with Gasteiger partial charge < -0.3 is 14.5 Å². The molecule has 0 atom stereocenters. The third-order valence-electron chi connectivity index (χ3n) is 5.83. The zero-order chi connectivity index (χ0) is 19.8. The fourth-order valence-electron chi connectivity index (χ4n) is 4.32. The van der Waals surface area contributed by atoms with Gasteiger partial charge in [-0.2, -0.15) is 0 Å². The molecule has 0 N–H and O–H groups in total. The monoisotopic (exact) mass is 402 g/mol. The molecule has 7 nitrogen and oxygen atoms in total. The summed E-state index contributed by atoms with van der Waals surface area (Å²) < 4.78 is 4.91. The second kappa shape index (κ2) is 7.66. The zero-order valence-corrected chi connectivity index (χ0v) is 17.5. The van der Waals surface area contributed by atoms with Gasteiger partial charge in [0.2, 0.25) is 5.91 Å². The van der Waals surface area contributed by atoms with Crippen LogP contribution in [0.5, 0.6) is 0 Å². The quantitative estimate of drug-likeness (QED) is 0.732. The molecule has 8 heteroatoms. The van der Waals surface area contributed by atoms with E-state index in [0.717, 1.165) is 34.7 Å². The molecule has 0 spiro atoms. The number of esters is 1. The van der Waals surface area contributed by atoms with Gasteiger partial charge in [-0.1, -0.05) is 12.8 Å². The van der Waals surface area contributed by atoms with Crippen molar-refractivity contribution < 1.29 is 14.3 Å². The summed E-state index contributed by atoms with van der Waals surface area (Å²) in [6, 6.07) is 0. The number of carbonyl (C=O) groups is 2. The van der Waals surface area contributed by atoms with Crippen molar-refractivity contribution in [2.24, 2.45) is 5.92 Å². The molecule has 1 saturated heterocycles. The van der Waals surface area contributed by atoms with Crippen LogP contribution in [0.25, 0.3) is 10.2 Å². The lowest BCUT2D eigenvalue weighted by molar-refractivity contribution is -0.131. The van der Waals surface area contributed by atoms with Gasteiger partial charge in [-0.15, -0.1) is 11.3 Å². The molecule has 3 heterocycles. The highest BCUT2D eigenvalue weighted by atomic mass is 32.1. The molecule has 150 valence electrons.